The molecule has 0 fully saturated rings. The number of hydrogen-bond donors (Lipinski definition) is 0. The van der Waals surface area contributed by atoms with Gasteiger partial charge in [-0.3, -0.25) is 4.85 Å². The van der Waals surface area contributed by atoms with E-state index in [0.29, 0.717) is 22.7 Å². The second kappa shape index (κ2) is 11.2. The zero-order chi connectivity index (χ0) is 28.1. The van der Waals surface area contributed by atoms with E-state index in [1.54, 1.807) is 36.4 Å². The molecule has 0 saturated carbocycles. The standard InChI is InChI=1S/C33H24N4O2/c1-20-11-24(12-21(2)32(20)38-28-8-7-26(18-34)27(16-28)19-35)15-25-13-22(3)33(23(4)14-25)39-29-9-10-30(36-5)31(17-29)37-6/h7-14,16-17H,15H2,1-4H3. The first-order valence-corrected chi connectivity index (χ1v) is 12.2. The zero-order valence-corrected chi connectivity index (χ0v) is 22.1. The predicted molar refractivity (Wildman–Crippen MR) is 150 cm³/mol. The monoisotopic (exact) mass is 508 g/mol. The van der Waals surface area contributed by atoms with Crippen LogP contribution < -0.4 is 9.47 Å². The molecular formula is C33H24N4O2. The van der Waals surface area contributed by atoms with Crippen LogP contribution >= 0.6 is 0 Å². The molecule has 0 bridgehead atoms. The molecule has 0 radical (unpaired) electrons. The van der Waals surface area contributed by atoms with E-state index >= 15 is 0 Å². The Morgan fingerprint density at radius 3 is 1.54 bits per heavy atom. The maximum Gasteiger partial charge on any atom is 0.198 e. The number of rotatable bonds is 6. The molecule has 0 aromatic heterocycles. The third kappa shape index (κ3) is 5.73. The van der Waals surface area contributed by atoms with Crippen molar-refractivity contribution in [3.63, 3.8) is 0 Å². The van der Waals surface area contributed by atoms with Gasteiger partial charge in [0, 0.05) is 0 Å². The first-order chi connectivity index (χ1) is 18.8. The van der Waals surface area contributed by atoms with Gasteiger partial charge in [0.1, 0.15) is 35.1 Å². The van der Waals surface area contributed by atoms with Crippen molar-refractivity contribution in [2.45, 2.75) is 34.1 Å². The van der Waals surface area contributed by atoms with Gasteiger partial charge in [-0.05, 0) is 97.8 Å². The van der Waals surface area contributed by atoms with Crippen LogP contribution in [0, 0.1) is 63.5 Å². The summed E-state index contributed by atoms with van der Waals surface area (Å²) in [5.41, 5.74) is 7.37. The van der Waals surface area contributed by atoms with Crippen molar-refractivity contribution in [1.82, 2.24) is 0 Å². The number of benzene rings is 4. The van der Waals surface area contributed by atoms with Crippen molar-refractivity contribution >= 4 is 11.4 Å². The summed E-state index contributed by atoms with van der Waals surface area (Å²) in [6.07, 6.45) is 0.723. The van der Waals surface area contributed by atoms with Crippen molar-refractivity contribution < 1.29 is 9.47 Å². The highest BCUT2D eigenvalue weighted by Crippen LogP contribution is 2.37. The summed E-state index contributed by atoms with van der Waals surface area (Å²) in [4.78, 5) is 6.81. The molecule has 0 atom stereocenters. The van der Waals surface area contributed by atoms with Crippen molar-refractivity contribution in [2.75, 3.05) is 0 Å². The molecule has 0 saturated heterocycles. The minimum atomic E-state index is 0.275. The van der Waals surface area contributed by atoms with Crippen LogP contribution in [0.2, 0.25) is 0 Å². The summed E-state index contributed by atoms with van der Waals surface area (Å²) in [5, 5.41) is 18.5. The molecule has 0 N–H and O–H groups in total. The van der Waals surface area contributed by atoms with Crippen molar-refractivity contribution in [3.05, 3.63) is 128 Å². The Labute approximate surface area is 228 Å². The lowest BCUT2D eigenvalue weighted by Gasteiger charge is -2.16. The Hall–Kier alpha value is -5.56. The van der Waals surface area contributed by atoms with Crippen LogP contribution in [0.25, 0.3) is 9.69 Å². The second-order valence-electron chi connectivity index (χ2n) is 9.30. The number of hydrogen-bond acceptors (Lipinski definition) is 4. The maximum atomic E-state index is 9.31. The van der Waals surface area contributed by atoms with Crippen molar-refractivity contribution in [3.8, 4) is 35.1 Å². The van der Waals surface area contributed by atoms with Gasteiger partial charge >= 0.3 is 0 Å². The highest BCUT2D eigenvalue weighted by atomic mass is 16.5. The molecule has 6 heteroatoms. The van der Waals surface area contributed by atoms with Crippen LogP contribution in [-0.4, -0.2) is 0 Å². The van der Waals surface area contributed by atoms with E-state index in [0.717, 1.165) is 51.3 Å². The fourth-order valence-corrected chi connectivity index (χ4v) is 4.61. The summed E-state index contributed by atoms with van der Waals surface area (Å²) < 4.78 is 12.2. The minimum Gasteiger partial charge on any atom is -0.458 e. The first-order valence-electron chi connectivity index (χ1n) is 12.2. The van der Waals surface area contributed by atoms with E-state index in [-0.39, 0.29) is 11.3 Å². The third-order valence-corrected chi connectivity index (χ3v) is 6.31. The van der Waals surface area contributed by atoms with Gasteiger partial charge < -0.3 is 9.47 Å². The van der Waals surface area contributed by atoms with Gasteiger partial charge in [-0.25, -0.2) is 4.85 Å². The number of aryl methyl sites for hydroxylation is 4. The zero-order valence-electron chi connectivity index (χ0n) is 22.1. The highest BCUT2D eigenvalue weighted by molar-refractivity contribution is 5.72. The Morgan fingerprint density at radius 1 is 0.615 bits per heavy atom. The van der Waals surface area contributed by atoms with Gasteiger partial charge in [-0.1, -0.05) is 30.3 Å². The van der Waals surface area contributed by atoms with Crippen LogP contribution in [0.1, 0.15) is 44.5 Å². The van der Waals surface area contributed by atoms with E-state index in [1.807, 2.05) is 39.8 Å². The Kier molecular flexibility index (Phi) is 7.63. The smallest absolute Gasteiger partial charge is 0.198 e. The molecule has 0 unspecified atom stereocenters. The van der Waals surface area contributed by atoms with Gasteiger partial charge in [0.15, 0.2) is 11.4 Å². The minimum absolute atomic E-state index is 0.275. The summed E-state index contributed by atoms with van der Waals surface area (Å²) >= 11 is 0. The molecule has 0 aliphatic heterocycles. The fourth-order valence-electron chi connectivity index (χ4n) is 4.61. The summed E-state index contributed by atoms with van der Waals surface area (Å²) in [7, 11) is 0. The number of nitriles is 2. The largest absolute Gasteiger partial charge is 0.458 e. The highest BCUT2D eigenvalue weighted by Gasteiger charge is 2.13. The molecule has 39 heavy (non-hydrogen) atoms. The van der Waals surface area contributed by atoms with Crippen LogP contribution in [0.3, 0.4) is 0 Å². The molecule has 0 heterocycles. The molecule has 0 aliphatic carbocycles. The van der Waals surface area contributed by atoms with Gasteiger partial charge in [0.2, 0.25) is 0 Å². The SMILES string of the molecule is [C-]#[N+]c1ccc(Oc2c(C)cc(Cc3cc(C)c(Oc4ccc(C#N)c(C#N)c4)c(C)c3)cc2C)cc1[N+]#[C-]. The predicted octanol–water partition coefficient (Wildman–Crippen LogP) is 8.94. The quantitative estimate of drug-likeness (QED) is 0.244. The Bertz CT molecular complexity index is 1600. The lowest BCUT2D eigenvalue weighted by Crippen LogP contribution is -1.98. The van der Waals surface area contributed by atoms with E-state index in [9.17, 15) is 5.26 Å². The molecule has 4 aromatic rings. The van der Waals surface area contributed by atoms with Crippen molar-refractivity contribution in [2.24, 2.45) is 0 Å². The fraction of sp³-hybridized carbons (Fsp3) is 0.152. The van der Waals surface area contributed by atoms with Crippen LogP contribution in [-0.2, 0) is 6.42 Å². The van der Waals surface area contributed by atoms with Gasteiger partial charge in [0.25, 0.3) is 0 Å². The molecule has 0 spiro atoms. The third-order valence-electron chi connectivity index (χ3n) is 6.31. The van der Waals surface area contributed by atoms with Gasteiger partial charge in [-0.2, -0.15) is 10.5 Å². The molecule has 188 valence electrons. The van der Waals surface area contributed by atoms with E-state index in [1.165, 1.54) is 0 Å². The Balaban J connectivity index is 1.55. The van der Waals surface area contributed by atoms with Crippen molar-refractivity contribution in [1.29, 1.82) is 10.5 Å². The summed E-state index contributed by atoms with van der Waals surface area (Å²) in [6.45, 7) is 22.5. The molecular weight excluding hydrogens is 484 g/mol. The number of ether oxygens (including phenoxy) is 2. The second-order valence-corrected chi connectivity index (χ2v) is 9.30. The van der Waals surface area contributed by atoms with E-state index in [2.05, 4.69) is 34.0 Å². The topological polar surface area (TPSA) is 74.8 Å². The molecule has 4 aromatic carbocycles. The first kappa shape index (κ1) is 26.5. The number of nitrogens with zero attached hydrogens (tertiary/aromatic N) is 4. The normalized spacial score (nSPS) is 10.1. The molecule has 0 amide bonds. The van der Waals surface area contributed by atoms with Crippen LogP contribution in [0.15, 0.2) is 60.7 Å². The average molecular weight is 509 g/mol. The lowest BCUT2D eigenvalue weighted by atomic mass is 9.97. The van der Waals surface area contributed by atoms with Crippen LogP contribution in [0.4, 0.5) is 11.4 Å². The lowest BCUT2D eigenvalue weighted by molar-refractivity contribution is 0.474. The molecule has 6 nitrogen and oxygen atoms in total. The van der Waals surface area contributed by atoms with Gasteiger partial charge in [0.05, 0.1) is 24.3 Å². The van der Waals surface area contributed by atoms with Gasteiger partial charge in [-0.15, -0.1) is 0 Å². The summed E-state index contributed by atoms with van der Waals surface area (Å²) in [5.74, 6) is 2.50. The average Bonchev–Trinajstić information content (AvgIpc) is 2.92. The Morgan fingerprint density at radius 2 is 1.08 bits per heavy atom. The van der Waals surface area contributed by atoms with Crippen LogP contribution in [0.5, 0.6) is 23.0 Å². The van der Waals surface area contributed by atoms with E-state index in [4.69, 9.17) is 27.9 Å². The van der Waals surface area contributed by atoms with E-state index < -0.39 is 0 Å². The summed E-state index contributed by atoms with van der Waals surface area (Å²) in [6, 6.07) is 22.2. The maximum absolute atomic E-state index is 9.31. The molecule has 4 rings (SSSR count). The molecule has 0 aliphatic rings.